The zero-order valence-corrected chi connectivity index (χ0v) is 16.2. The van der Waals surface area contributed by atoms with Gasteiger partial charge in [-0.1, -0.05) is 17.7 Å². The quantitative estimate of drug-likeness (QED) is 0.528. The van der Waals surface area contributed by atoms with Gasteiger partial charge in [0.1, 0.15) is 5.82 Å². The molecule has 1 aromatic carbocycles. The molecule has 28 heavy (non-hydrogen) atoms. The number of aryl methyl sites for hydroxylation is 1. The number of hydrogen-bond acceptors (Lipinski definition) is 6. The zero-order chi connectivity index (χ0) is 19.1. The van der Waals surface area contributed by atoms with Crippen LogP contribution in [-0.4, -0.2) is 45.8 Å². The van der Waals surface area contributed by atoms with Gasteiger partial charge in [0, 0.05) is 48.6 Å². The van der Waals surface area contributed by atoms with E-state index in [0.29, 0.717) is 17.4 Å². The van der Waals surface area contributed by atoms with Crippen LogP contribution in [0.5, 0.6) is 0 Å². The van der Waals surface area contributed by atoms with Gasteiger partial charge in [-0.15, -0.1) is 5.10 Å². The van der Waals surface area contributed by atoms with Crippen LogP contribution in [0.4, 0.5) is 11.5 Å². The summed E-state index contributed by atoms with van der Waals surface area (Å²) < 4.78 is 7.25. The molecule has 1 fully saturated rings. The molecule has 1 aliphatic rings. The first-order chi connectivity index (χ1) is 13.7. The lowest BCUT2D eigenvalue weighted by Crippen LogP contribution is -2.47. The zero-order valence-electron chi connectivity index (χ0n) is 15.4. The predicted octanol–water partition coefficient (Wildman–Crippen LogP) is 3.67. The molecule has 1 aliphatic heterocycles. The SMILES string of the molecule is Cc1cc(N2CCN(c3cccc(Cl)c3)CC2)n2nc(-c3ccco3)nc2n1. The van der Waals surface area contributed by atoms with Crippen molar-refractivity contribution in [2.75, 3.05) is 36.0 Å². The van der Waals surface area contributed by atoms with E-state index in [2.05, 4.69) is 37.0 Å². The summed E-state index contributed by atoms with van der Waals surface area (Å²) in [6, 6.07) is 13.7. The highest BCUT2D eigenvalue weighted by atomic mass is 35.5. The molecule has 8 heteroatoms. The highest BCUT2D eigenvalue weighted by Gasteiger charge is 2.22. The summed E-state index contributed by atoms with van der Waals surface area (Å²) in [6.07, 6.45) is 1.62. The summed E-state index contributed by atoms with van der Waals surface area (Å²) in [5, 5.41) is 5.40. The van der Waals surface area contributed by atoms with Gasteiger partial charge >= 0.3 is 0 Å². The summed E-state index contributed by atoms with van der Waals surface area (Å²) in [7, 11) is 0. The average molecular weight is 395 g/mol. The summed E-state index contributed by atoms with van der Waals surface area (Å²) >= 11 is 6.15. The minimum Gasteiger partial charge on any atom is -0.461 e. The minimum atomic E-state index is 0.543. The van der Waals surface area contributed by atoms with E-state index in [1.54, 1.807) is 10.8 Å². The summed E-state index contributed by atoms with van der Waals surface area (Å²) in [5.41, 5.74) is 2.07. The number of anilines is 2. The lowest BCUT2D eigenvalue weighted by atomic mass is 10.2. The van der Waals surface area contributed by atoms with Crippen LogP contribution in [0.15, 0.2) is 53.1 Å². The highest BCUT2D eigenvalue weighted by Crippen LogP contribution is 2.25. The van der Waals surface area contributed by atoms with Crippen LogP contribution in [0.25, 0.3) is 17.4 Å². The van der Waals surface area contributed by atoms with Gasteiger partial charge in [-0.2, -0.15) is 9.50 Å². The van der Waals surface area contributed by atoms with Crippen molar-refractivity contribution in [2.24, 2.45) is 0 Å². The first kappa shape index (κ1) is 17.1. The van der Waals surface area contributed by atoms with Crippen LogP contribution < -0.4 is 9.80 Å². The Labute approximate surface area is 167 Å². The molecule has 0 atom stereocenters. The summed E-state index contributed by atoms with van der Waals surface area (Å²) in [6.45, 7) is 5.54. The molecule has 0 radical (unpaired) electrons. The Balaban J connectivity index is 1.43. The van der Waals surface area contributed by atoms with Crippen molar-refractivity contribution < 1.29 is 4.42 Å². The van der Waals surface area contributed by atoms with Crippen LogP contribution in [0.3, 0.4) is 0 Å². The number of hydrogen-bond donors (Lipinski definition) is 0. The second kappa shape index (κ2) is 6.83. The number of halogens is 1. The van der Waals surface area contributed by atoms with Crippen LogP contribution in [0.2, 0.25) is 5.02 Å². The van der Waals surface area contributed by atoms with Gasteiger partial charge in [0.2, 0.25) is 5.82 Å². The molecular formula is C20H19ClN6O. The first-order valence-corrected chi connectivity index (χ1v) is 9.59. The third kappa shape index (κ3) is 3.07. The molecule has 1 saturated heterocycles. The fourth-order valence-electron chi connectivity index (χ4n) is 3.57. The van der Waals surface area contributed by atoms with E-state index in [0.717, 1.165) is 48.4 Å². The van der Waals surface area contributed by atoms with Gasteiger partial charge < -0.3 is 14.2 Å². The predicted molar refractivity (Wildman–Crippen MR) is 109 cm³/mol. The van der Waals surface area contributed by atoms with Crippen LogP contribution in [0.1, 0.15) is 5.69 Å². The molecule has 4 aromatic rings. The number of fused-ring (bicyclic) bond motifs is 1. The molecular weight excluding hydrogens is 376 g/mol. The van der Waals surface area contributed by atoms with E-state index in [1.807, 2.05) is 37.3 Å². The second-order valence-corrected chi connectivity index (χ2v) is 7.27. The van der Waals surface area contributed by atoms with Crippen molar-refractivity contribution in [1.29, 1.82) is 0 Å². The molecule has 3 aromatic heterocycles. The van der Waals surface area contributed by atoms with E-state index >= 15 is 0 Å². The van der Waals surface area contributed by atoms with Crippen molar-refractivity contribution >= 4 is 28.9 Å². The number of piperazine rings is 1. The summed E-state index contributed by atoms with van der Waals surface area (Å²) in [4.78, 5) is 13.7. The van der Waals surface area contributed by atoms with Crippen molar-refractivity contribution in [3.8, 4) is 11.6 Å². The average Bonchev–Trinajstić information content (AvgIpc) is 3.37. The van der Waals surface area contributed by atoms with Gasteiger partial charge in [-0.3, -0.25) is 0 Å². The van der Waals surface area contributed by atoms with Crippen LogP contribution in [0, 0.1) is 6.92 Å². The molecule has 0 amide bonds. The van der Waals surface area contributed by atoms with Crippen molar-refractivity contribution in [2.45, 2.75) is 6.92 Å². The molecule has 7 nitrogen and oxygen atoms in total. The van der Waals surface area contributed by atoms with E-state index in [1.165, 1.54) is 0 Å². The molecule has 142 valence electrons. The lowest BCUT2D eigenvalue weighted by molar-refractivity contribution is 0.577. The number of benzene rings is 1. The largest absolute Gasteiger partial charge is 0.461 e. The minimum absolute atomic E-state index is 0.543. The normalized spacial score (nSPS) is 14.8. The number of nitrogens with zero attached hydrogens (tertiary/aromatic N) is 6. The van der Waals surface area contributed by atoms with Gasteiger partial charge in [-0.05, 0) is 37.3 Å². The summed E-state index contributed by atoms with van der Waals surface area (Å²) in [5.74, 6) is 2.76. The number of furan rings is 1. The fraction of sp³-hybridized carbons (Fsp3) is 0.250. The second-order valence-electron chi connectivity index (χ2n) is 6.83. The fourth-order valence-corrected chi connectivity index (χ4v) is 3.75. The standard InChI is InChI=1S/C20H19ClN6O/c1-14-12-18(27-20(22-14)23-19(24-27)17-6-3-11-28-17)26-9-7-25(8-10-26)16-5-2-4-15(21)13-16/h2-6,11-13H,7-10H2,1H3. The monoisotopic (exact) mass is 394 g/mol. The molecule has 0 aliphatic carbocycles. The Bertz CT molecular complexity index is 1120. The molecule has 5 rings (SSSR count). The van der Waals surface area contributed by atoms with E-state index in [4.69, 9.17) is 16.0 Å². The highest BCUT2D eigenvalue weighted by molar-refractivity contribution is 6.30. The molecule has 0 saturated carbocycles. The Morgan fingerprint density at radius 1 is 0.964 bits per heavy atom. The third-order valence-corrected chi connectivity index (χ3v) is 5.18. The third-order valence-electron chi connectivity index (χ3n) is 4.94. The van der Waals surface area contributed by atoms with Gasteiger partial charge in [0.15, 0.2) is 5.76 Å². The molecule has 0 N–H and O–H groups in total. The van der Waals surface area contributed by atoms with E-state index in [9.17, 15) is 0 Å². The van der Waals surface area contributed by atoms with Crippen molar-refractivity contribution in [3.05, 3.63) is 59.4 Å². The smallest absolute Gasteiger partial charge is 0.254 e. The first-order valence-electron chi connectivity index (χ1n) is 9.21. The molecule has 0 bridgehead atoms. The van der Waals surface area contributed by atoms with Crippen LogP contribution in [-0.2, 0) is 0 Å². The Morgan fingerprint density at radius 2 is 1.79 bits per heavy atom. The van der Waals surface area contributed by atoms with E-state index in [-0.39, 0.29) is 0 Å². The maximum absolute atomic E-state index is 6.15. The number of rotatable bonds is 3. The Kier molecular flexibility index (Phi) is 4.16. The van der Waals surface area contributed by atoms with Gasteiger partial charge in [0.05, 0.1) is 6.26 Å². The van der Waals surface area contributed by atoms with Gasteiger partial charge in [-0.25, -0.2) is 4.98 Å². The maximum atomic E-state index is 6.15. The van der Waals surface area contributed by atoms with E-state index < -0.39 is 0 Å². The Hall–Kier alpha value is -3.06. The van der Waals surface area contributed by atoms with Crippen molar-refractivity contribution in [3.63, 3.8) is 0 Å². The maximum Gasteiger partial charge on any atom is 0.254 e. The lowest BCUT2D eigenvalue weighted by Gasteiger charge is -2.37. The number of aromatic nitrogens is 4. The topological polar surface area (TPSA) is 62.7 Å². The molecule has 4 heterocycles. The Morgan fingerprint density at radius 3 is 2.54 bits per heavy atom. The van der Waals surface area contributed by atoms with Crippen LogP contribution >= 0.6 is 11.6 Å². The van der Waals surface area contributed by atoms with Crippen molar-refractivity contribution in [1.82, 2.24) is 19.6 Å². The molecule has 0 unspecified atom stereocenters. The molecule has 0 spiro atoms. The van der Waals surface area contributed by atoms with Gasteiger partial charge in [0.25, 0.3) is 5.78 Å².